The van der Waals surface area contributed by atoms with Gasteiger partial charge in [0.25, 0.3) is 11.8 Å². The minimum Gasteiger partial charge on any atom is -0.481 e. The van der Waals surface area contributed by atoms with Crippen LogP contribution in [0.3, 0.4) is 0 Å². The second-order valence-corrected chi connectivity index (χ2v) is 7.11. The zero-order chi connectivity index (χ0) is 22.2. The lowest BCUT2D eigenvalue weighted by Crippen LogP contribution is -2.34. The molecule has 0 bridgehead atoms. The SMILES string of the molecule is CC[C@H](Oc1ccc(F)cc1)C(=O)Nc1ccccc1C(=O)N[C@H](C)c1ccccc1. The maximum absolute atomic E-state index is 13.1. The van der Waals surface area contributed by atoms with E-state index in [9.17, 15) is 14.0 Å². The van der Waals surface area contributed by atoms with Gasteiger partial charge in [-0.2, -0.15) is 0 Å². The molecule has 3 aromatic rings. The van der Waals surface area contributed by atoms with Gasteiger partial charge >= 0.3 is 0 Å². The van der Waals surface area contributed by atoms with Gasteiger partial charge in [0, 0.05) is 0 Å². The van der Waals surface area contributed by atoms with Crippen LogP contribution in [0, 0.1) is 5.82 Å². The number of carbonyl (C=O) groups excluding carboxylic acids is 2. The molecule has 0 heterocycles. The molecule has 6 heteroatoms. The number of anilines is 1. The van der Waals surface area contributed by atoms with Gasteiger partial charge in [0.1, 0.15) is 11.6 Å². The monoisotopic (exact) mass is 420 g/mol. The second-order valence-electron chi connectivity index (χ2n) is 7.11. The van der Waals surface area contributed by atoms with E-state index in [0.717, 1.165) is 5.56 Å². The number of ether oxygens (including phenoxy) is 1. The fraction of sp³-hybridized carbons (Fsp3) is 0.200. The summed E-state index contributed by atoms with van der Waals surface area (Å²) < 4.78 is 18.8. The number of halogens is 1. The minimum absolute atomic E-state index is 0.192. The van der Waals surface area contributed by atoms with Crippen molar-refractivity contribution >= 4 is 17.5 Å². The summed E-state index contributed by atoms with van der Waals surface area (Å²) in [5, 5.41) is 5.75. The molecule has 3 aromatic carbocycles. The average Bonchev–Trinajstić information content (AvgIpc) is 2.79. The molecule has 2 N–H and O–H groups in total. The molecule has 0 saturated heterocycles. The van der Waals surface area contributed by atoms with Crippen LogP contribution in [0.1, 0.15) is 42.2 Å². The number of para-hydroxylation sites is 1. The van der Waals surface area contributed by atoms with E-state index in [0.29, 0.717) is 23.4 Å². The van der Waals surface area contributed by atoms with Gasteiger partial charge in [-0.05, 0) is 55.3 Å². The summed E-state index contributed by atoms with van der Waals surface area (Å²) in [7, 11) is 0. The molecule has 0 unspecified atom stereocenters. The fourth-order valence-electron chi connectivity index (χ4n) is 3.10. The van der Waals surface area contributed by atoms with Crippen molar-refractivity contribution in [3.63, 3.8) is 0 Å². The van der Waals surface area contributed by atoms with E-state index in [2.05, 4.69) is 10.6 Å². The van der Waals surface area contributed by atoms with Crippen LogP contribution in [0.4, 0.5) is 10.1 Å². The van der Waals surface area contributed by atoms with Crippen LogP contribution in [0.15, 0.2) is 78.9 Å². The highest BCUT2D eigenvalue weighted by molar-refractivity contribution is 6.04. The predicted molar refractivity (Wildman–Crippen MR) is 119 cm³/mol. The molecule has 2 atom stereocenters. The van der Waals surface area contributed by atoms with Crippen LogP contribution < -0.4 is 15.4 Å². The maximum atomic E-state index is 13.1. The number of hydrogen-bond acceptors (Lipinski definition) is 3. The lowest BCUT2D eigenvalue weighted by molar-refractivity contribution is -0.122. The quantitative estimate of drug-likeness (QED) is 0.532. The Morgan fingerprint density at radius 1 is 0.935 bits per heavy atom. The van der Waals surface area contributed by atoms with Crippen molar-refractivity contribution in [1.82, 2.24) is 5.32 Å². The molecule has 0 aliphatic carbocycles. The highest BCUT2D eigenvalue weighted by atomic mass is 19.1. The van der Waals surface area contributed by atoms with Gasteiger partial charge < -0.3 is 15.4 Å². The summed E-state index contributed by atoms with van der Waals surface area (Å²) in [6.07, 6.45) is -0.382. The van der Waals surface area contributed by atoms with Crippen molar-refractivity contribution in [3.8, 4) is 5.75 Å². The minimum atomic E-state index is -0.787. The first-order chi connectivity index (χ1) is 15.0. The van der Waals surface area contributed by atoms with E-state index in [1.165, 1.54) is 24.3 Å². The van der Waals surface area contributed by atoms with Gasteiger partial charge in [0.05, 0.1) is 17.3 Å². The first-order valence-electron chi connectivity index (χ1n) is 10.2. The van der Waals surface area contributed by atoms with E-state index < -0.39 is 6.10 Å². The normalized spacial score (nSPS) is 12.5. The molecule has 160 valence electrons. The van der Waals surface area contributed by atoms with Crippen LogP contribution in [0.2, 0.25) is 0 Å². The number of amides is 2. The van der Waals surface area contributed by atoms with Crippen molar-refractivity contribution in [2.45, 2.75) is 32.4 Å². The van der Waals surface area contributed by atoms with Gasteiger partial charge in [0.15, 0.2) is 6.10 Å². The molecule has 31 heavy (non-hydrogen) atoms. The van der Waals surface area contributed by atoms with Crippen molar-refractivity contribution in [1.29, 1.82) is 0 Å². The third kappa shape index (κ3) is 5.92. The average molecular weight is 420 g/mol. The smallest absolute Gasteiger partial charge is 0.265 e. The molecule has 0 aromatic heterocycles. The highest BCUT2D eigenvalue weighted by Crippen LogP contribution is 2.20. The molecule has 2 amide bonds. The molecule has 0 saturated carbocycles. The van der Waals surface area contributed by atoms with E-state index in [1.807, 2.05) is 44.2 Å². The van der Waals surface area contributed by atoms with Crippen LogP contribution in [0.25, 0.3) is 0 Å². The van der Waals surface area contributed by atoms with Crippen molar-refractivity contribution in [3.05, 3.63) is 95.8 Å². The third-order valence-corrected chi connectivity index (χ3v) is 4.83. The summed E-state index contributed by atoms with van der Waals surface area (Å²) in [5.41, 5.74) is 1.73. The van der Waals surface area contributed by atoms with E-state index in [-0.39, 0.29) is 23.7 Å². The first-order valence-corrected chi connectivity index (χ1v) is 10.2. The van der Waals surface area contributed by atoms with Crippen molar-refractivity contribution in [2.24, 2.45) is 0 Å². The molecule has 5 nitrogen and oxygen atoms in total. The number of benzene rings is 3. The van der Waals surface area contributed by atoms with Crippen molar-refractivity contribution in [2.75, 3.05) is 5.32 Å². The van der Waals surface area contributed by atoms with Gasteiger partial charge in [0.2, 0.25) is 0 Å². The summed E-state index contributed by atoms with van der Waals surface area (Å²) >= 11 is 0. The van der Waals surface area contributed by atoms with E-state index in [1.54, 1.807) is 24.3 Å². The number of nitrogens with one attached hydrogen (secondary N) is 2. The molecule has 0 aliphatic heterocycles. The molecule has 0 spiro atoms. The van der Waals surface area contributed by atoms with Gasteiger partial charge in [-0.1, -0.05) is 49.4 Å². The van der Waals surface area contributed by atoms with Crippen molar-refractivity contribution < 1.29 is 18.7 Å². The standard InChI is InChI=1S/C25H25FN2O3/c1-3-23(31-20-15-13-19(26)14-16-20)25(30)28-22-12-8-7-11-21(22)24(29)27-17(2)18-9-5-4-6-10-18/h4-17,23H,3H2,1-2H3,(H,27,29)(H,28,30)/t17-,23+/m1/s1. The lowest BCUT2D eigenvalue weighted by atomic mass is 10.1. The second kappa shape index (κ2) is 10.4. The molecular weight excluding hydrogens is 395 g/mol. The molecule has 0 radical (unpaired) electrons. The Hall–Kier alpha value is -3.67. The van der Waals surface area contributed by atoms with Gasteiger partial charge in [-0.3, -0.25) is 9.59 Å². The summed E-state index contributed by atoms with van der Waals surface area (Å²) in [6, 6.07) is 21.7. The third-order valence-electron chi connectivity index (χ3n) is 4.83. The molecule has 0 fully saturated rings. The molecule has 3 rings (SSSR count). The zero-order valence-electron chi connectivity index (χ0n) is 17.5. The van der Waals surface area contributed by atoms with E-state index in [4.69, 9.17) is 4.74 Å². The van der Waals surface area contributed by atoms with Gasteiger partial charge in [-0.25, -0.2) is 4.39 Å². The number of carbonyl (C=O) groups is 2. The topological polar surface area (TPSA) is 67.4 Å². The Labute approximate surface area is 181 Å². The Morgan fingerprint density at radius 3 is 2.26 bits per heavy atom. The maximum Gasteiger partial charge on any atom is 0.265 e. The van der Waals surface area contributed by atoms with Crippen LogP contribution in [-0.2, 0) is 4.79 Å². The first kappa shape index (κ1) is 22.0. The lowest BCUT2D eigenvalue weighted by Gasteiger charge is -2.19. The van der Waals surface area contributed by atoms with Crippen LogP contribution in [0.5, 0.6) is 5.75 Å². The Morgan fingerprint density at radius 2 is 1.58 bits per heavy atom. The largest absolute Gasteiger partial charge is 0.481 e. The van der Waals surface area contributed by atoms with E-state index >= 15 is 0 Å². The highest BCUT2D eigenvalue weighted by Gasteiger charge is 2.21. The van der Waals surface area contributed by atoms with Crippen LogP contribution in [-0.4, -0.2) is 17.9 Å². The Bertz CT molecular complexity index is 1020. The molecule has 0 aliphatic rings. The van der Waals surface area contributed by atoms with Crippen LogP contribution >= 0.6 is 0 Å². The van der Waals surface area contributed by atoms with Gasteiger partial charge in [-0.15, -0.1) is 0 Å². The Kier molecular flexibility index (Phi) is 7.38. The summed E-state index contributed by atoms with van der Waals surface area (Å²) in [5.74, 6) is -0.663. The number of hydrogen-bond donors (Lipinski definition) is 2. The summed E-state index contributed by atoms with van der Waals surface area (Å²) in [6.45, 7) is 3.71. The molecular formula is C25H25FN2O3. The Balaban J connectivity index is 1.70. The zero-order valence-corrected chi connectivity index (χ0v) is 17.5. The predicted octanol–water partition coefficient (Wildman–Crippen LogP) is 5.11. The number of rotatable bonds is 8. The summed E-state index contributed by atoms with van der Waals surface area (Å²) in [4.78, 5) is 25.7. The fourth-order valence-corrected chi connectivity index (χ4v) is 3.10.